The number of hydrogen-bond donors (Lipinski definition) is 0. The van der Waals surface area contributed by atoms with Gasteiger partial charge in [-0.1, -0.05) is 5.16 Å². The summed E-state index contributed by atoms with van der Waals surface area (Å²) in [4.78, 5) is 3.95. The largest absolute Gasteiger partial charge is 0.481 e. The van der Waals surface area contributed by atoms with Gasteiger partial charge in [-0.05, 0) is 50.9 Å². The van der Waals surface area contributed by atoms with E-state index in [9.17, 15) is 8.42 Å². The van der Waals surface area contributed by atoms with Crippen LogP contribution in [0, 0.1) is 6.92 Å². The molecule has 0 bridgehead atoms. The van der Waals surface area contributed by atoms with Crippen LogP contribution in [-0.2, 0) is 15.7 Å². The Labute approximate surface area is 136 Å². The molecule has 0 aliphatic carbocycles. The smallest absolute Gasteiger partial charge is 0.264 e. The lowest BCUT2D eigenvalue weighted by molar-refractivity contribution is 0.240. The van der Waals surface area contributed by atoms with Gasteiger partial charge in [-0.25, -0.2) is 8.42 Å². The Balaban J connectivity index is 2.25. The predicted octanol–water partition coefficient (Wildman–Crippen LogP) is 3.41. The van der Waals surface area contributed by atoms with Crippen molar-refractivity contribution in [2.24, 2.45) is 0 Å². The van der Waals surface area contributed by atoms with Crippen molar-refractivity contribution < 1.29 is 17.7 Å². The van der Waals surface area contributed by atoms with Gasteiger partial charge < -0.3 is 9.26 Å². The third-order valence-corrected chi connectivity index (χ3v) is 4.67. The maximum atomic E-state index is 11.3. The summed E-state index contributed by atoms with van der Waals surface area (Å²) in [5, 5.41) is 3.63. The van der Waals surface area contributed by atoms with Crippen LogP contribution in [0.2, 0.25) is 0 Å². The van der Waals surface area contributed by atoms with Gasteiger partial charge in [0.2, 0.25) is 0 Å². The number of aromatic nitrogens is 2. The molecule has 1 heterocycles. The first-order valence-corrected chi connectivity index (χ1v) is 9.02. The number of benzene rings is 1. The Morgan fingerprint density at radius 1 is 1.35 bits per heavy atom. The minimum atomic E-state index is -3.81. The number of aryl methyl sites for hydroxylation is 1. The number of nitrogens with zero attached hydrogens (tertiary/aromatic N) is 2. The van der Waals surface area contributed by atoms with Gasteiger partial charge in [0.25, 0.3) is 14.9 Å². The van der Waals surface area contributed by atoms with Crippen molar-refractivity contribution >= 4 is 51.6 Å². The van der Waals surface area contributed by atoms with Crippen LogP contribution in [0.5, 0.6) is 5.75 Å². The van der Waals surface area contributed by atoms with Crippen LogP contribution in [0.15, 0.2) is 30.5 Å². The van der Waals surface area contributed by atoms with E-state index in [1.807, 2.05) is 0 Å². The molecule has 2 aromatic rings. The molecule has 20 heavy (non-hydrogen) atoms. The highest BCUT2D eigenvalue weighted by molar-refractivity contribution is 9.11. The maximum absolute atomic E-state index is 11.3. The topological polar surface area (TPSA) is 82.3 Å². The Morgan fingerprint density at radius 3 is 2.40 bits per heavy atom. The summed E-state index contributed by atoms with van der Waals surface area (Å²) in [7, 11) is 1.47. The van der Waals surface area contributed by atoms with E-state index in [1.54, 1.807) is 6.92 Å². The molecule has 10 heteroatoms. The number of rotatable bonds is 4. The molecule has 0 aliphatic rings. The molecule has 1 aromatic heterocycles. The molecule has 0 saturated heterocycles. The standard InChI is InChI=1S/C10H7Br2ClN2O4S/c1-5-14-9(19-15-5)4-18-10-7(11)2-6(3-8(10)12)20(13,16)17/h2-3H,4H2,1H3. The van der Waals surface area contributed by atoms with E-state index in [1.165, 1.54) is 12.1 Å². The van der Waals surface area contributed by atoms with E-state index in [2.05, 4.69) is 42.0 Å². The maximum Gasteiger partial charge on any atom is 0.264 e. The molecule has 0 atom stereocenters. The van der Waals surface area contributed by atoms with Crippen LogP contribution < -0.4 is 4.74 Å². The minimum Gasteiger partial charge on any atom is -0.481 e. The summed E-state index contributed by atoms with van der Waals surface area (Å²) in [5.74, 6) is 1.23. The zero-order valence-corrected chi connectivity index (χ0v) is 14.7. The molecule has 2 rings (SSSR count). The first-order valence-electron chi connectivity index (χ1n) is 5.13. The van der Waals surface area contributed by atoms with Crippen LogP contribution in [0.25, 0.3) is 0 Å². The second-order valence-corrected chi connectivity index (χ2v) is 7.95. The second-order valence-electron chi connectivity index (χ2n) is 3.68. The van der Waals surface area contributed by atoms with Gasteiger partial charge in [0.05, 0.1) is 13.8 Å². The summed E-state index contributed by atoms with van der Waals surface area (Å²) in [6.07, 6.45) is 0. The minimum absolute atomic E-state index is 0.0427. The third kappa shape index (κ3) is 3.72. The highest BCUT2D eigenvalue weighted by Crippen LogP contribution is 2.37. The predicted molar refractivity (Wildman–Crippen MR) is 78.2 cm³/mol. The van der Waals surface area contributed by atoms with Crippen LogP contribution in [0.3, 0.4) is 0 Å². The zero-order chi connectivity index (χ0) is 14.9. The van der Waals surface area contributed by atoms with E-state index in [-0.39, 0.29) is 11.5 Å². The van der Waals surface area contributed by atoms with Gasteiger partial charge >= 0.3 is 0 Å². The zero-order valence-electron chi connectivity index (χ0n) is 9.93. The van der Waals surface area contributed by atoms with Gasteiger partial charge in [-0.2, -0.15) is 4.98 Å². The molecular weight excluding hydrogens is 439 g/mol. The Bertz CT molecular complexity index is 724. The average Bonchev–Trinajstić information content (AvgIpc) is 2.72. The molecule has 6 nitrogen and oxygen atoms in total. The molecule has 0 saturated carbocycles. The fourth-order valence-electron chi connectivity index (χ4n) is 1.35. The molecule has 0 amide bonds. The Morgan fingerprint density at radius 2 is 1.95 bits per heavy atom. The van der Waals surface area contributed by atoms with E-state index in [0.717, 1.165) is 0 Å². The first kappa shape index (κ1) is 15.7. The summed E-state index contributed by atoms with van der Waals surface area (Å²) in [6, 6.07) is 2.70. The highest BCUT2D eigenvalue weighted by atomic mass is 79.9. The lowest BCUT2D eigenvalue weighted by Gasteiger charge is -2.09. The van der Waals surface area contributed by atoms with Crippen LogP contribution in [0.1, 0.15) is 11.7 Å². The molecule has 1 aromatic carbocycles. The van der Waals surface area contributed by atoms with Crippen LogP contribution in [-0.4, -0.2) is 18.6 Å². The van der Waals surface area contributed by atoms with Crippen molar-refractivity contribution in [3.63, 3.8) is 0 Å². The number of ether oxygens (including phenoxy) is 1. The van der Waals surface area contributed by atoms with Crippen LogP contribution in [0.4, 0.5) is 0 Å². The molecule has 0 radical (unpaired) electrons. The normalized spacial score (nSPS) is 11.6. The molecule has 0 unspecified atom stereocenters. The van der Waals surface area contributed by atoms with E-state index in [4.69, 9.17) is 19.9 Å². The Hall–Kier alpha value is -0.640. The number of halogens is 3. The summed E-state index contributed by atoms with van der Waals surface area (Å²) in [5.41, 5.74) is 0. The third-order valence-electron chi connectivity index (χ3n) is 2.16. The summed E-state index contributed by atoms with van der Waals surface area (Å²) in [6.45, 7) is 1.75. The fraction of sp³-hybridized carbons (Fsp3) is 0.200. The molecular formula is C10H7Br2ClN2O4S. The summed E-state index contributed by atoms with van der Waals surface area (Å²) >= 11 is 6.45. The molecule has 0 spiro atoms. The number of hydrogen-bond acceptors (Lipinski definition) is 6. The highest BCUT2D eigenvalue weighted by Gasteiger charge is 2.17. The van der Waals surface area contributed by atoms with Crippen molar-refractivity contribution in [1.29, 1.82) is 0 Å². The average molecular weight is 447 g/mol. The summed E-state index contributed by atoms with van der Waals surface area (Å²) < 4.78 is 33.8. The second kappa shape index (κ2) is 6.00. The van der Waals surface area contributed by atoms with E-state index in [0.29, 0.717) is 26.4 Å². The van der Waals surface area contributed by atoms with Gasteiger partial charge in [0.1, 0.15) is 5.75 Å². The fourth-order valence-corrected chi connectivity index (χ4v) is 3.85. The quantitative estimate of drug-likeness (QED) is 0.670. The Kier molecular flexibility index (Phi) is 4.73. The molecule has 108 valence electrons. The monoisotopic (exact) mass is 444 g/mol. The van der Waals surface area contributed by atoms with E-state index < -0.39 is 9.05 Å². The van der Waals surface area contributed by atoms with Crippen molar-refractivity contribution in [1.82, 2.24) is 10.1 Å². The van der Waals surface area contributed by atoms with Gasteiger partial charge in [-0.3, -0.25) is 0 Å². The van der Waals surface area contributed by atoms with Crippen molar-refractivity contribution in [2.45, 2.75) is 18.4 Å². The van der Waals surface area contributed by atoms with Crippen LogP contribution >= 0.6 is 42.5 Å². The van der Waals surface area contributed by atoms with E-state index >= 15 is 0 Å². The lowest BCUT2D eigenvalue weighted by Crippen LogP contribution is -1.99. The van der Waals surface area contributed by atoms with Crippen molar-refractivity contribution in [2.75, 3.05) is 0 Å². The molecule has 0 N–H and O–H groups in total. The van der Waals surface area contributed by atoms with Crippen molar-refractivity contribution in [3.05, 3.63) is 32.8 Å². The van der Waals surface area contributed by atoms with Gasteiger partial charge in [0, 0.05) is 10.7 Å². The van der Waals surface area contributed by atoms with Crippen molar-refractivity contribution in [3.8, 4) is 5.75 Å². The lowest BCUT2D eigenvalue weighted by atomic mass is 10.3. The molecule has 0 fully saturated rings. The SMILES string of the molecule is Cc1noc(COc2c(Br)cc(S(=O)(=O)Cl)cc2Br)n1. The first-order chi connectivity index (χ1) is 9.27. The molecule has 0 aliphatic heterocycles. The van der Waals surface area contributed by atoms with Gasteiger partial charge in [0.15, 0.2) is 12.4 Å². The van der Waals surface area contributed by atoms with Gasteiger partial charge in [-0.15, -0.1) is 0 Å².